The van der Waals surface area contributed by atoms with Crippen molar-refractivity contribution < 1.29 is 9.90 Å². The summed E-state index contributed by atoms with van der Waals surface area (Å²) in [6.07, 6.45) is 11.5. The predicted molar refractivity (Wildman–Crippen MR) is 111 cm³/mol. The zero-order valence-electron chi connectivity index (χ0n) is 16.5. The molecule has 28 heavy (non-hydrogen) atoms. The van der Waals surface area contributed by atoms with Crippen LogP contribution in [0.25, 0.3) is 0 Å². The van der Waals surface area contributed by atoms with Crippen LogP contribution >= 0.6 is 11.6 Å². The minimum absolute atomic E-state index is 0.0417. The van der Waals surface area contributed by atoms with Gasteiger partial charge in [0.1, 0.15) is 0 Å². The Morgan fingerprint density at radius 3 is 2.93 bits per heavy atom. The third kappa shape index (κ3) is 4.01. The quantitative estimate of drug-likeness (QED) is 0.592. The van der Waals surface area contributed by atoms with Gasteiger partial charge >= 0.3 is 0 Å². The van der Waals surface area contributed by atoms with Crippen molar-refractivity contribution in [2.45, 2.75) is 50.4 Å². The molecule has 0 bridgehead atoms. The Balaban J connectivity index is 1.51. The summed E-state index contributed by atoms with van der Waals surface area (Å²) in [7, 11) is 0. The van der Waals surface area contributed by atoms with Crippen LogP contribution in [0.4, 0.5) is 0 Å². The number of nitrogens with one attached hydrogen (secondary N) is 2. The van der Waals surface area contributed by atoms with Gasteiger partial charge in [0.15, 0.2) is 0 Å². The van der Waals surface area contributed by atoms with Crippen LogP contribution in [-0.2, 0) is 4.79 Å². The van der Waals surface area contributed by atoms with Crippen LogP contribution in [0.5, 0.6) is 0 Å². The van der Waals surface area contributed by atoms with Gasteiger partial charge in [-0.25, -0.2) is 0 Å². The Kier molecular flexibility index (Phi) is 6.11. The fourth-order valence-corrected chi connectivity index (χ4v) is 4.85. The van der Waals surface area contributed by atoms with E-state index >= 15 is 0 Å². The minimum atomic E-state index is -0.138. The summed E-state index contributed by atoms with van der Waals surface area (Å²) in [5.74, 6) is 0.379. The smallest absolute Gasteiger partial charge is 0.241 e. The zero-order chi connectivity index (χ0) is 19.7. The van der Waals surface area contributed by atoms with Crippen molar-refractivity contribution in [2.24, 2.45) is 5.92 Å². The summed E-state index contributed by atoms with van der Waals surface area (Å²) < 4.78 is 0. The lowest BCUT2D eigenvalue weighted by molar-refractivity contribution is -0.135. The first-order valence-electron chi connectivity index (χ1n) is 10.5. The first kappa shape index (κ1) is 20.0. The van der Waals surface area contributed by atoms with E-state index in [-0.39, 0.29) is 36.6 Å². The monoisotopic (exact) mass is 406 g/mol. The number of carbonyl (C=O) groups is 1. The molecule has 2 aliphatic heterocycles. The molecule has 0 spiro atoms. The van der Waals surface area contributed by atoms with Crippen LogP contribution in [-0.4, -0.2) is 77.8 Å². The van der Waals surface area contributed by atoms with Gasteiger partial charge in [-0.15, -0.1) is 0 Å². The second-order valence-electron chi connectivity index (χ2n) is 8.23. The molecule has 0 aromatic heterocycles. The number of amides is 1. The maximum Gasteiger partial charge on any atom is 0.241 e. The van der Waals surface area contributed by atoms with E-state index < -0.39 is 0 Å². The molecule has 0 radical (unpaired) electrons. The van der Waals surface area contributed by atoms with Crippen molar-refractivity contribution in [3.8, 4) is 0 Å². The van der Waals surface area contributed by atoms with Crippen LogP contribution in [0.2, 0.25) is 0 Å². The van der Waals surface area contributed by atoms with E-state index in [2.05, 4.69) is 45.6 Å². The zero-order valence-corrected chi connectivity index (χ0v) is 17.2. The number of aliphatic hydroxyl groups excluding tert-OH is 1. The lowest BCUT2D eigenvalue weighted by Crippen LogP contribution is -2.58. The Hall–Kier alpha value is -1.34. The first-order chi connectivity index (χ1) is 13.6. The molecule has 2 aliphatic carbocycles. The fourth-order valence-electron chi connectivity index (χ4n) is 4.53. The molecule has 2 unspecified atom stereocenters. The van der Waals surface area contributed by atoms with Gasteiger partial charge < -0.3 is 25.5 Å². The van der Waals surface area contributed by atoms with Crippen molar-refractivity contribution in [1.29, 1.82) is 0 Å². The minimum Gasteiger partial charge on any atom is -0.396 e. The highest BCUT2D eigenvalue weighted by Gasteiger charge is 2.41. The molecule has 4 atom stereocenters. The van der Waals surface area contributed by atoms with Crippen molar-refractivity contribution in [1.82, 2.24) is 20.4 Å². The van der Waals surface area contributed by atoms with E-state index in [9.17, 15) is 9.90 Å². The summed E-state index contributed by atoms with van der Waals surface area (Å²) in [5, 5.41) is 16.7. The summed E-state index contributed by atoms with van der Waals surface area (Å²) in [6, 6.07) is 0.433. The molecule has 2 heterocycles. The van der Waals surface area contributed by atoms with Crippen LogP contribution in [0.1, 0.15) is 26.2 Å². The van der Waals surface area contributed by atoms with E-state index in [0.29, 0.717) is 12.6 Å². The average Bonchev–Trinajstić information content (AvgIpc) is 3.51. The van der Waals surface area contributed by atoms with Crippen LogP contribution in [0, 0.1) is 5.92 Å². The molecule has 1 saturated carbocycles. The molecule has 4 rings (SSSR count). The standard InChI is InChI=1S/C21H31ClN4O2/c1-14(26(16-4-5-16)21(28)19-12-23-7-8-24-19)15-3-6-17-18(22)13-25(9-2-10-27)20(17)11-15/h3,6,11,13-14,16-17,19-20,23-24,27H,2,4-5,7-10,12H2,1H3/t14-,17?,19-,20?/m1/s1. The highest BCUT2D eigenvalue weighted by atomic mass is 35.5. The van der Waals surface area contributed by atoms with E-state index in [4.69, 9.17) is 11.6 Å². The van der Waals surface area contributed by atoms with Gasteiger partial charge in [-0.1, -0.05) is 29.8 Å². The summed E-state index contributed by atoms with van der Waals surface area (Å²) in [6.45, 7) is 5.54. The topological polar surface area (TPSA) is 67.8 Å². The first-order valence-corrected chi connectivity index (χ1v) is 10.9. The summed E-state index contributed by atoms with van der Waals surface area (Å²) in [4.78, 5) is 17.6. The Morgan fingerprint density at radius 2 is 2.25 bits per heavy atom. The number of halogens is 1. The Bertz CT molecular complexity index is 682. The summed E-state index contributed by atoms with van der Waals surface area (Å²) >= 11 is 6.46. The van der Waals surface area contributed by atoms with Crippen molar-refractivity contribution >= 4 is 17.5 Å². The number of carbonyl (C=O) groups excluding carboxylic acids is 1. The molecule has 1 amide bonds. The predicted octanol–water partition coefficient (Wildman–Crippen LogP) is 1.19. The van der Waals surface area contributed by atoms with Crippen LogP contribution < -0.4 is 10.6 Å². The molecule has 154 valence electrons. The van der Waals surface area contributed by atoms with Crippen LogP contribution in [0.3, 0.4) is 0 Å². The highest BCUT2D eigenvalue weighted by molar-refractivity contribution is 6.30. The molecular weight excluding hydrogens is 376 g/mol. The Morgan fingerprint density at radius 1 is 1.43 bits per heavy atom. The molecular formula is C21H31ClN4O2. The highest BCUT2D eigenvalue weighted by Crippen LogP contribution is 2.39. The number of hydrogen-bond donors (Lipinski definition) is 3. The average molecular weight is 407 g/mol. The molecule has 7 heteroatoms. The van der Waals surface area contributed by atoms with Gasteiger partial charge in [-0.2, -0.15) is 0 Å². The second-order valence-corrected chi connectivity index (χ2v) is 8.67. The van der Waals surface area contributed by atoms with Gasteiger partial charge in [0.05, 0.1) is 18.1 Å². The van der Waals surface area contributed by atoms with Crippen molar-refractivity contribution in [3.05, 3.63) is 35.0 Å². The third-order valence-electron chi connectivity index (χ3n) is 6.23. The maximum atomic E-state index is 13.3. The molecule has 4 aliphatic rings. The largest absolute Gasteiger partial charge is 0.396 e. The number of rotatable bonds is 7. The van der Waals surface area contributed by atoms with Gasteiger partial charge in [0.25, 0.3) is 0 Å². The van der Waals surface area contributed by atoms with E-state index in [1.807, 2.05) is 6.20 Å². The number of fused-ring (bicyclic) bond motifs is 1. The molecule has 1 saturated heterocycles. The normalized spacial score (nSPS) is 30.5. The van der Waals surface area contributed by atoms with Gasteiger partial charge in [-0.05, 0) is 31.8 Å². The van der Waals surface area contributed by atoms with E-state index in [1.54, 1.807) is 0 Å². The molecule has 3 N–H and O–H groups in total. The van der Waals surface area contributed by atoms with E-state index in [1.165, 1.54) is 5.57 Å². The maximum absolute atomic E-state index is 13.3. The third-order valence-corrected chi connectivity index (χ3v) is 6.58. The number of piperazine rings is 1. The van der Waals surface area contributed by atoms with Gasteiger partial charge in [0.2, 0.25) is 5.91 Å². The molecule has 0 aromatic carbocycles. The molecule has 0 aromatic rings. The Labute approximate surface area is 172 Å². The SMILES string of the molecule is C[C@H](C1=CC2C(C=C1)C(Cl)=CN2CCCO)N(C(=O)[C@H]1CNCCN1)C1CC1. The number of hydrogen-bond acceptors (Lipinski definition) is 5. The lowest BCUT2D eigenvalue weighted by atomic mass is 9.89. The molecule has 2 fully saturated rings. The molecule has 6 nitrogen and oxygen atoms in total. The second kappa shape index (κ2) is 8.57. The van der Waals surface area contributed by atoms with Crippen molar-refractivity contribution in [3.63, 3.8) is 0 Å². The number of aliphatic hydroxyl groups is 1. The summed E-state index contributed by atoms with van der Waals surface area (Å²) in [5.41, 5.74) is 1.18. The van der Waals surface area contributed by atoms with Crippen LogP contribution in [0.15, 0.2) is 35.0 Å². The van der Waals surface area contributed by atoms with Crippen molar-refractivity contribution in [2.75, 3.05) is 32.8 Å². The fraction of sp³-hybridized carbons (Fsp3) is 0.667. The van der Waals surface area contributed by atoms with E-state index in [0.717, 1.165) is 43.9 Å². The lowest BCUT2D eigenvalue weighted by Gasteiger charge is -2.37. The van der Waals surface area contributed by atoms with Gasteiger partial charge in [0, 0.05) is 56.0 Å². The van der Waals surface area contributed by atoms with Gasteiger partial charge in [-0.3, -0.25) is 4.79 Å². The number of nitrogens with zero attached hydrogens (tertiary/aromatic N) is 2.